The first kappa shape index (κ1) is 22.1. The molecule has 0 radical (unpaired) electrons. The summed E-state index contributed by atoms with van der Waals surface area (Å²) < 4.78 is 40.3. The van der Waals surface area contributed by atoms with Crippen LogP contribution in [0.4, 0.5) is 13.2 Å². The van der Waals surface area contributed by atoms with E-state index in [-0.39, 0.29) is 30.1 Å². The molecule has 3 aromatic heterocycles. The normalized spacial score (nSPS) is 22.0. The molecule has 5 rings (SSSR count). The van der Waals surface area contributed by atoms with Crippen LogP contribution in [0.15, 0.2) is 51.8 Å². The van der Waals surface area contributed by atoms with Gasteiger partial charge in [0.2, 0.25) is 0 Å². The molecule has 0 saturated heterocycles. The van der Waals surface area contributed by atoms with E-state index < -0.39 is 11.9 Å². The number of nitrogens with zero attached hydrogens (tertiary/aromatic N) is 4. The summed E-state index contributed by atoms with van der Waals surface area (Å²) in [7, 11) is 0. The highest BCUT2D eigenvalue weighted by atomic mass is 32.1. The highest BCUT2D eigenvalue weighted by Gasteiger charge is 2.44. The van der Waals surface area contributed by atoms with Gasteiger partial charge in [0.25, 0.3) is 5.91 Å². The van der Waals surface area contributed by atoms with Crippen molar-refractivity contribution in [3.8, 4) is 0 Å². The van der Waals surface area contributed by atoms with E-state index in [9.17, 15) is 18.0 Å². The summed E-state index contributed by atoms with van der Waals surface area (Å²) in [6.45, 7) is 1.22. The minimum absolute atomic E-state index is 0.0667. The highest BCUT2D eigenvalue weighted by molar-refractivity contribution is 7.11. The number of rotatable bonds is 4. The van der Waals surface area contributed by atoms with Gasteiger partial charge in [-0.3, -0.25) is 9.48 Å². The molecule has 0 bridgehead atoms. The van der Waals surface area contributed by atoms with E-state index >= 15 is 0 Å². The van der Waals surface area contributed by atoms with E-state index in [2.05, 4.69) is 17.2 Å². The fourth-order valence-electron chi connectivity index (χ4n) is 4.50. The van der Waals surface area contributed by atoms with Crippen LogP contribution in [0.25, 0.3) is 6.08 Å². The van der Waals surface area contributed by atoms with Gasteiger partial charge in [-0.1, -0.05) is 12.1 Å². The molecule has 172 valence electrons. The first-order valence-electron chi connectivity index (χ1n) is 10.6. The van der Waals surface area contributed by atoms with E-state index in [4.69, 9.17) is 5.10 Å². The van der Waals surface area contributed by atoms with E-state index in [0.717, 1.165) is 51.0 Å². The second-order valence-electron chi connectivity index (χ2n) is 8.19. The molecule has 1 aliphatic heterocycles. The number of aryl methyl sites for hydroxylation is 1. The zero-order valence-corrected chi connectivity index (χ0v) is 19.4. The molecule has 3 aromatic rings. The number of aromatic nitrogens is 2. The van der Waals surface area contributed by atoms with Crippen LogP contribution in [-0.4, -0.2) is 26.4 Å². The molecule has 1 amide bonds. The molecular weight excluding hydrogens is 469 g/mol. The number of fused-ring (bicyclic) bond motifs is 1. The van der Waals surface area contributed by atoms with Gasteiger partial charge in [-0.15, -0.1) is 22.7 Å². The van der Waals surface area contributed by atoms with E-state index in [1.54, 1.807) is 22.7 Å². The Morgan fingerprint density at radius 1 is 1.24 bits per heavy atom. The van der Waals surface area contributed by atoms with E-state index in [0.29, 0.717) is 0 Å². The molecule has 1 saturated carbocycles. The third-order valence-electron chi connectivity index (χ3n) is 6.01. The molecule has 2 aliphatic rings. The minimum Gasteiger partial charge on any atom is -0.271 e. The van der Waals surface area contributed by atoms with Crippen molar-refractivity contribution in [3.05, 3.63) is 67.8 Å². The number of thiophene rings is 2. The molecule has 33 heavy (non-hydrogen) atoms. The maximum atomic E-state index is 13.4. The van der Waals surface area contributed by atoms with Gasteiger partial charge in [0, 0.05) is 21.4 Å². The summed E-state index contributed by atoms with van der Waals surface area (Å²) in [5.41, 5.74) is 1.32. The average Bonchev–Trinajstić information content (AvgIpc) is 3.54. The highest BCUT2D eigenvalue weighted by Crippen LogP contribution is 2.45. The van der Waals surface area contributed by atoms with Crippen molar-refractivity contribution in [2.24, 2.45) is 11.0 Å². The molecule has 1 fully saturated rings. The Labute approximate surface area is 196 Å². The monoisotopic (exact) mass is 490 g/mol. The number of carbonyl (C=O) groups is 1. The minimum atomic E-state index is -4.55. The van der Waals surface area contributed by atoms with Crippen LogP contribution in [-0.2, 0) is 17.5 Å². The van der Waals surface area contributed by atoms with Gasteiger partial charge in [-0.25, -0.2) is 5.01 Å². The molecule has 0 spiro atoms. The molecule has 5 nitrogen and oxygen atoms in total. The van der Waals surface area contributed by atoms with Crippen LogP contribution in [0.1, 0.15) is 46.4 Å². The standard InChI is InChI=1S/C23H21F3N4OS2/c1-14-11-19(23(24,25)26)27-29(14)13-20(31)30-22(18-8-4-10-33-18)17-7-2-5-15(21(17)28-30)12-16-6-3-9-32-16/h3-4,6,8-12,17,22H,2,5,7,13H2,1H3. The van der Waals surface area contributed by atoms with Gasteiger partial charge in [0.05, 0.1) is 11.8 Å². The number of hydrogen-bond acceptors (Lipinski definition) is 5. The summed E-state index contributed by atoms with van der Waals surface area (Å²) in [6, 6.07) is 8.69. The summed E-state index contributed by atoms with van der Waals surface area (Å²) >= 11 is 3.22. The Kier molecular flexibility index (Phi) is 5.74. The van der Waals surface area contributed by atoms with Gasteiger partial charge < -0.3 is 0 Å². The molecule has 2 atom stereocenters. The van der Waals surface area contributed by atoms with Crippen molar-refractivity contribution in [1.29, 1.82) is 0 Å². The Bertz CT molecular complexity index is 1210. The lowest BCUT2D eigenvalue weighted by Gasteiger charge is -2.28. The number of hydrogen-bond donors (Lipinski definition) is 0. The third-order valence-corrected chi connectivity index (χ3v) is 7.77. The summed E-state index contributed by atoms with van der Waals surface area (Å²) in [5, 5.41) is 13.9. The number of alkyl halides is 3. The van der Waals surface area contributed by atoms with Gasteiger partial charge in [-0.2, -0.15) is 23.4 Å². The van der Waals surface area contributed by atoms with Crippen molar-refractivity contribution in [1.82, 2.24) is 14.8 Å². The van der Waals surface area contributed by atoms with Crippen LogP contribution < -0.4 is 0 Å². The Balaban J connectivity index is 1.48. The molecule has 10 heteroatoms. The summed E-state index contributed by atoms with van der Waals surface area (Å²) in [4.78, 5) is 15.5. The molecular formula is C23H21F3N4OS2. The van der Waals surface area contributed by atoms with Crippen molar-refractivity contribution < 1.29 is 18.0 Å². The number of hydrazone groups is 1. The fourth-order valence-corrected chi connectivity index (χ4v) is 6.06. The predicted molar refractivity (Wildman–Crippen MR) is 123 cm³/mol. The first-order valence-corrected chi connectivity index (χ1v) is 12.4. The van der Waals surface area contributed by atoms with Crippen LogP contribution in [0.2, 0.25) is 0 Å². The van der Waals surface area contributed by atoms with Gasteiger partial charge in [0.15, 0.2) is 5.69 Å². The molecule has 1 aliphatic carbocycles. The average molecular weight is 491 g/mol. The van der Waals surface area contributed by atoms with Crippen LogP contribution >= 0.6 is 22.7 Å². The summed E-state index contributed by atoms with van der Waals surface area (Å²) in [6.07, 6.45) is 0.384. The Morgan fingerprint density at radius 2 is 2.03 bits per heavy atom. The lowest BCUT2D eigenvalue weighted by atomic mass is 9.79. The second kappa shape index (κ2) is 8.57. The first-order chi connectivity index (χ1) is 15.8. The number of halogens is 3. The molecule has 4 heterocycles. The fraction of sp³-hybridized carbons (Fsp3) is 0.348. The van der Waals surface area contributed by atoms with Crippen LogP contribution in [0, 0.1) is 12.8 Å². The topological polar surface area (TPSA) is 50.5 Å². The largest absolute Gasteiger partial charge is 0.435 e. The Morgan fingerprint density at radius 3 is 2.70 bits per heavy atom. The van der Waals surface area contributed by atoms with Gasteiger partial charge in [-0.05, 0) is 66.8 Å². The predicted octanol–water partition coefficient (Wildman–Crippen LogP) is 6.16. The zero-order valence-electron chi connectivity index (χ0n) is 17.7. The van der Waals surface area contributed by atoms with Crippen molar-refractivity contribution >= 4 is 40.4 Å². The maximum absolute atomic E-state index is 13.4. The van der Waals surface area contributed by atoms with Gasteiger partial charge in [0.1, 0.15) is 6.54 Å². The molecule has 0 aromatic carbocycles. The molecule has 0 N–H and O–H groups in total. The number of amides is 1. The number of carbonyl (C=O) groups excluding carboxylic acids is 1. The second-order valence-corrected chi connectivity index (χ2v) is 10.2. The van der Waals surface area contributed by atoms with Crippen molar-refractivity contribution in [2.75, 3.05) is 0 Å². The van der Waals surface area contributed by atoms with Gasteiger partial charge >= 0.3 is 6.18 Å². The smallest absolute Gasteiger partial charge is 0.271 e. The van der Waals surface area contributed by atoms with E-state index in [1.807, 2.05) is 29.0 Å². The number of allylic oxidation sites excluding steroid dienone is 1. The summed E-state index contributed by atoms with van der Waals surface area (Å²) in [5.74, 6) is -0.303. The maximum Gasteiger partial charge on any atom is 0.435 e. The zero-order chi connectivity index (χ0) is 23.2. The lowest BCUT2D eigenvalue weighted by molar-refractivity contribution is -0.142. The van der Waals surface area contributed by atoms with Crippen LogP contribution in [0.5, 0.6) is 0 Å². The third kappa shape index (κ3) is 4.29. The van der Waals surface area contributed by atoms with Crippen molar-refractivity contribution in [3.63, 3.8) is 0 Å². The SMILES string of the molecule is Cc1cc(C(F)(F)F)nn1CC(=O)N1N=C2C(=Cc3cccs3)CCCC2C1c1cccs1. The van der Waals surface area contributed by atoms with E-state index in [1.165, 1.54) is 11.9 Å². The Hall–Kier alpha value is -2.72. The quantitative estimate of drug-likeness (QED) is 0.440. The van der Waals surface area contributed by atoms with Crippen molar-refractivity contribution in [2.45, 2.75) is 44.9 Å². The van der Waals surface area contributed by atoms with Crippen LogP contribution in [0.3, 0.4) is 0 Å². The molecule has 2 unspecified atom stereocenters. The lowest BCUT2D eigenvalue weighted by Crippen LogP contribution is -2.33.